The van der Waals surface area contributed by atoms with Crippen molar-refractivity contribution in [3.8, 4) is 0 Å². The zero-order valence-electron chi connectivity index (χ0n) is 10.7. The Morgan fingerprint density at radius 2 is 2.05 bits per heavy atom. The highest BCUT2D eigenvalue weighted by Crippen LogP contribution is 2.28. The highest BCUT2D eigenvalue weighted by atomic mass is 79.9. The second kappa shape index (κ2) is 6.62. The summed E-state index contributed by atoms with van der Waals surface area (Å²) in [5, 5.41) is 9.43. The number of aliphatic hydroxyl groups is 1. The molecular weight excluding hydrogens is 368 g/mol. The fraction of sp³-hybridized carbons (Fsp3) is 0.500. The Morgan fingerprint density at radius 1 is 1.40 bits per heavy atom. The average molecular weight is 384 g/mol. The van der Waals surface area contributed by atoms with Crippen molar-refractivity contribution in [1.82, 2.24) is 4.31 Å². The van der Waals surface area contributed by atoms with Crippen LogP contribution >= 0.6 is 27.5 Å². The second-order valence-corrected chi connectivity index (χ2v) is 7.75. The average Bonchev–Trinajstić information content (AvgIpc) is 2.43. The third kappa shape index (κ3) is 3.85. The first-order valence-corrected chi connectivity index (χ1v) is 8.87. The van der Waals surface area contributed by atoms with Gasteiger partial charge in [-0.15, -0.1) is 0 Å². The number of hydrogen-bond donors (Lipinski definition) is 2. The van der Waals surface area contributed by atoms with Crippen LogP contribution in [0.25, 0.3) is 0 Å². The lowest BCUT2D eigenvalue weighted by molar-refractivity contribution is 0.170. The zero-order chi connectivity index (χ0) is 14.8. The van der Waals surface area contributed by atoms with Gasteiger partial charge in [-0.1, -0.05) is 27.5 Å². The van der Waals surface area contributed by atoms with E-state index < -0.39 is 10.2 Å². The Hall–Kier alpha value is -0.340. The molecule has 1 aliphatic heterocycles. The van der Waals surface area contributed by atoms with E-state index in [9.17, 15) is 8.42 Å². The summed E-state index contributed by atoms with van der Waals surface area (Å²) < 4.78 is 29.2. The third-order valence-corrected chi connectivity index (χ3v) is 5.68. The zero-order valence-corrected chi connectivity index (χ0v) is 13.9. The molecule has 0 bridgehead atoms. The highest BCUT2D eigenvalue weighted by Gasteiger charge is 2.28. The molecule has 2 rings (SSSR count). The van der Waals surface area contributed by atoms with Crippen LogP contribution in [0.3, 0.4) is 0 Å². The Labute approximate surface area is 132 Å². The number of hydrogen-bond acceptors (Lipinski definition) is 3. The lowest BCUT2D eigenvalue weighted by Crippen LogP contribution is -2.42. The first-order chi connectivity index (χ1) is 9.42. The van der Waals surface area contributed by atoms with Gasteiger partial charge >= 0.3 is 10.2 Å². The maximum atomic E-state index is 12.3. The predicted octanol–water partition coefficient (Wildman–Crippen LogP) is 2.46. The lowest BCUT2D eigenvalue weighted by atomic mass is 10.00. The number of rotatable bonds is 4. The van der Waals surface area contributed by atoms with Crippen LogP contribution in [-0.2, 0) is 10.2 Å². The molecule has 0 amide bonds. The van der Waals surface area contributed by atoms with Crippen molar-refractivity contribution in [1.29, 1.82) is 0 Å². The molecule has 0 atom stereocenters. The highest BCUT2D eigenvalue weighted by molar-refractivity contribution is 9.10. The first-order valence-electron chi connectivity index (χ1n) is 6.26. The summed E-state index contributed by atoms with van der Waals surface area (Å²) in [6, 6.07) is 4.99. The number of halogens is 2. The molecule has 5 nitrogen and oxygen atoms in total. The maximum absolute atomic E-state index is 12.3. The summed E-state index contributed by atoms with van der Waals surface area (Å²) in [6.45, 7) is 0.928. The van der Waals surface area contributed by atoms with Crippen LogP contribution < -0.4 is 4.72 Å². The molecule has 1 fully saturated rings. The number of benzene rings is 1. The molecular formula is C12H16BrClN2O3S. The quantitative estimate of drug-likeness (QED) is 0.839. The molecule has 20 heavy (non-hydrogen) atoms. The number of piperidine rings is 1. The largest absolute Gasteiger partial charge is 0.396 e. The predicted molar refractivity (Wildman–Crippen MR) is 83.1 cm³/mol. The number of nitrogens with one attached hydrogen (secondary N) is 1. The molecule has 2 N–H and O–H groups in total. The Kier molecular flexibility index (Phi) is 5.30. The van der Waals surface area contributed by atoms with Gasteiger partial charge in [-0.05, 0) is 37.0 Å². The summed E-state index contributed by atoms with van der Waals surface area (Å²) in [5.41, 5.74) is 0.352. The smallest absolute Gasteiger partial charge is 0.301 e. The van der Waals surface area contributed by atoms with Gasteiger partial charge < -0.3 is 5.11 Å². The minimum absolute atomic E-state index is 0.110. The number of aliphatic hydroxyl groups excluding tert-OH is 1. The fourth-order valence-electron chi connectivity index (χ4n) is 2.11. The number of anilines is 1. The van der Waals surface area contributed by atoms with Crippen molar-refractivity contribution in [2.45, 2.75) is 12.8 Å². The van der Waals surface area contributed by atoms with E-state index in [0.717, 1.165) is 4.47 Å². The Bertz CT molecular complexity index is 574. The van der Waals surface area contributed by atoms with Gasteiger partial charge in [0, 0.05) is 24.2 Å². The van der Waals surface area contributed by atoms with Gasteiger partial charge in [0.25, 0.3) is 0 Å². The fourth-order valence-corrected chi connectivity index (χ4v) is 3.96. The molecule has 0 unspecified atom stereocenters. The van der Waals surface area contributed by atoms with Crippen molar-refractivity contribution in [3.63, 3.8) is 0 Å². The van der Waals surface area contributed by atoms with Crippen molar-refractivity contribution in [2.75, 3.05) is 24.4 Å². The van der Waals surface area contributed by atoms with E-state index in [1.165, 1.54) is 4.31 Å². The molecule has 0 aliphatic carbocycles. The SMILES string of the molecule is O=S(=O)(Nc1cc(Br)ccc1Cl)N1CCC(CO)CC1. The molecule has 0 radical (unpaired) electrons. The molecule has 1 aromatic carbocycles. The van der Waals surface area contributed by atoms with Crippen LogP contribution in [-0.4, -0.2) is 37.5 Å². The van der Waals surface area contributed by atoms with Gasteiger partial charge in [0.2, 0.25) is 0 Å². The van der Waals surface area contributed by atoms with E-state index in [-0.39, 0.29) is 12.5 Å². The van der Waals surface area contributed by atoms with Crippen molar-refractivity contribution in [3.05, 3.63) is 27.7 Å². The molecule has 112 valence electrons. The van der Waals surface area contributed by atoms with E-state index in [2.05, 4.69) is 20.7 Å². The summed E-state index contributed by atoms with van der Waals surface area (Å²) in [6.07, 6.45) is 1.34. The van der Waals surface area contributed by atoms with Crippen LogP contribution in [0.2, 0.25) is 5.02 Å². The van der Waals surface area contributed by atoms with E-state index in [0.29, 0.717) is 36.6 Å². The van der Waals surface area contributed by atoms with Crippen LogP contribution in [0, 0.1) is 5.92 Å². The standard InChI is InChI=1S/C12H16BrClN2O3S/c13-10-1-2-11(14)12(7-10)15-20(18,19)16-5-3-9(8-17)4-6-16/h1-2,7,9,15,17H,3-6,8H2. The molecule has 8 heteroatoms. The molecule has 0 aromatic heterocycles. The van der Waals surface area contributed by atoms with E-state index in [4.69, 9.17) is 16.7 Å². The summed E-state index contributed by atoms with van der Waals surface area (Å²) in [7, 11) is -3.61. The van der Waals surface area contributed by atoms with E-state index in [1.807, 2.05) is 0 Å². The summed E-state index contributed by atoms with van der Waals surface area (Å²) >= 11 is 9.27. The number of nitrogens with zero attached hydrogens (tertiary/aromatic N) is 1. The normalized spacial score (nSPS) is 18.1. The van der Waals surface area contributed by atoms with Gasteiger partial charge in [-0.3, -0.25) is 4.72 Å². The second-order valence-electron chi connectivity index (χ2n) is 4.76. The van der Waals surface area contributed by atoms with Crippen LogP contribution in [0.4, 0.5) is 5.69 Å². The third-order valence-electron chi connectivity index (χ3n) is 3.34. The van der Waals surface area contributed by atoms with Gasteiger partial charge in [0.05, 0.1) is 10.7 Å². The van der Waals surface area contributed by atoms with Crippen molar-refractivity contribution < 1.29 is 13.5 Å². The van der Waals surface area contributed by atoms with Crippen molar-refractivity contribution in [2.24, 2.45) is 5.92 Å². The summed E-state index contributed by atoms with van der Waals surface area (Å²) in [4.78, 5) is 0. The summed E-state index contributed by atoms with van der Waals surface area (Å²) in [5.74, 6) is 0.191. The maximum Gasteiger partial charge on any atom is 0.301 e. The molecule has 1 heterocycles. The topological polar surface area (TPSA) is 69.6 Å². The lowest BCUT2D eigenvalue weighted by Gasteiger charge is -2.30. The van der Waals surface area contributed by atoms with Crippen LogP contribution in [0.15, 0.2) is 22.7 Å². The van der Waals surface area contributed by atoms with Crippen LogP contribution in [0.5, 0.6) is 0 Å². The Balaban J connectivity index is 2.10. The van der Waals surface area contributed by atoms with Gasteiger partial charge in [-0.2, -0.15) is 12.7 Å². The molecule has 1 saturated heterocycles. The van der Waals surface area contributed by atoms with E-state index in [1.54, 1.807) is 18.2 Å². The van der Waals surface area contributed by atoms with Crippen molar-refractivity contribution >= 4 is 43.4 Å². The molecule has 0 spiro atoms. The minimum atomic E-state index is -3.61. The monoisotopic (exact) mass is 382 g/mol. The Morgan fingerprint density at radius 3 is 2.65 bits per heavy atom. The van der Waals surface area contributed by atoms with E-state index >= 15 is 0 Å². The minimum Gasteiger partial charge on any atom is -0.396 e. The molecule has 1 aliphatic rings. The molecule has 1 aromatic rings. The van der Waals surface area contributed by atoms with Gasteiger partial charge in [0.15, 0.2) is 0 Å². The van der Waals surface area contributed by atoms with Gasteiger partial charge in [-0.25, -0.2) is 0 Å². The molecule has 0 saturated carbocycles. The van der Waals surface area contributed by atoms with Gasteiger partial charge in [0.1, 0.15) is 0 Å². The first kappa shape index (κ1) is 16.0. The van der Waals surface area contributed by atoms with Crippen LogP contribution in [0.1, 0.15) is 12.8 Å².